The molecule has 1 aliphatic heterocycles. The Morgan fingerprint density at radius 3 is 2.76 bits per heavy atom. The summed E-state index contributed by atoms with van der Waals surface area (Å²) in [6.45, 7) is 2.25. The summed E-state index contributed by atoms with van der Waals surface area (Å²) in [6, 6.07) is 3.79. The summed E-state index contributed by atoms with van der Waals surface area (Å²) >= 11 is 5.61. The first kappa shape index (κ1) is 15.8. The average molecular weight is 314 g/mol. The van der Waals surface area contributed by atoms with Crippen LogP contribution in [0.3, 0.4) is 0 Å². The number of amides is 1. The van der Waals surface area contributed by atoms with Crippen molar-refractivity contribution in [1.29, 1.82) is 0 Å². The lowest BCUT2D eigenvalue weighted by Crippen LogP contribution is -2.53. The van der Waals surface area contributed by atoms with E-state index in [2.05, 4.69) is 0 Å². The van der Waals surface area contributed by atoms with Crippen molar-refractivity contribution < 1.29 is 19.1 Å². The van der Waals surface area contributed by atoms with E-state index < -0.39 is 23.2 Å². The number of aliphatic carboxylic acids is 1. The summed E-state index contributed by atoms with van der Waals surface area (Å²) < 4.78 is 13.5. The van der Waals surface area contributed by atoms with Gasteiger partial charge in [-0.2, -0.15) is 0 Å². The van der Waals surface area contributed by atoms with Gasteiger partial charge >= 0.3 is 5.97 Å². The zero-order valence-corrected chi connectivity index (χ0v) is 12.5. The first-order valence-corrected chi connectivity index (χ1v) is 7.30. The van der Waals surface area contributed by atoms with E-state index in [9.17, 15) is 19.1 Å². The first-order chi connectivity index (χ1) is 9.92. The quantitative estimate of drug-likeness (QED) is 0.927. The van der Waals surface area contributed by atoms with E-state index in [1.54, 1.807) is 0 Å². The lowest BCUT2D eigenvalue weighted by atomic mass is 9.90. The molecule has 2 rings (SSSR count). The molecule has 1 atom stereocenters. The van der Waals surface area contributed by atoms with E-state index in [1.165, 1.54) is 17.0 Å². The van der Waals surface area contributed by atoms with Gasteiger partial charge in [-0.1, -0.05) is 24.9 Å². The number of carboxylic acids is 1. The molecule has 1 aromatic rings. The van der Waals surface area contributed by atoms with Gasteiger partial charge in [0.15, 0.2) is 0 Å². The number of hydrogen-bond donors (Lipinski definition) is 1. The zero-order valence-electron chi connectivity index (χ0n) is 11.7. The van der Waals surface area contributed by atoms with Crippen molar-refractivity contribution in [2.45, 2.75) is 38.1 Å². The smallest absolute Gasteiger partial charge is 0.329 e. The molecule has 4 nitrogen and oxygen atoms in total. The second kappa shape index (κ2) is 6.02. The Balaban J connectivity index is 2.36. The SMILES string of the molecule is CCCC1(C(=O)O)CCCN1C(=O)c1ccc(Cl)c(F)c1. The highest BCUT2D eigenvalue weighted by molar-refractivity contribution is 6.30. The Bertz CT molecular complexity index is 578. The minimum atomic E-state index is -1.18. The Kier molecular flexibility index (Phi) is 4.52. The summed E-state index contributed by atoms with van der Waals surface area (Å²) in [7, 11) is 0. The van der Waals surface area contributed by atoms with E-state index in [-0.39, 0.29) is 10.6 Å². The van der Waals surface area contributed by atoms with Gasteiger partial charge in [-0.05, 0) is 37.5 Å². The first-order valence-electron chi connectivity index (χ1n) is 6.93. The topological polar surface area (TPSA) is 57.6 Å². The maximum atomic E-state index is 13.5. The molecule has 1 fully saturated rings. The van der Waals surface area contributed by atoms with E-state index in [0.29, 0.717) is 32.2 Å². The molecule has 0 aliphatic carbocycles. The monoisotopic (exact) mass is 313 g/mol. The molecule has 114 valence electrons. The number of carbonyl (C=O) groups excluding carboxylic acids is 1. The van der Waals surface area contributed by atoms with Crippen LogP contribution in [0.15, 0.2) is 18.2 Å². The predicted octanol–water partition coefficient (Wildman–Crippen LogP) is 3.34. The van der Waals surface area contributed by atoms with Crippen LogP contribution in [0.5, 0.6) is 0 Å². The standard InChI is InChI=1S/C15H17ClFNO3/c1-2-6-15(14(20)21)7-3-8-18(15)13(19)10-4-5-11(16)12(17)9-10/h4-5,9H,2-3,6-8H2,1H3,(H,20,21). The van der Waals surface area contributed by atoms with Crippen LogP contribution in [0.25, 0.3) is 0 Å². The fourth-order valence-corrected chi connectivity index (χ4v) is 3.08. The molecule has 6 heteroatoms. The Morgan fingerprint density at radius 1 is 1.48 bits per heavy atom. The second-order valence-electron chi connectivity index (χ2n) is 5.28. The van der Waals surface area contributed by atoms with E-state index in [1.807, 2.05) is 6.92 Å². The third-order valence-electron chi connectivity index (χ3n) is 3.96. The largest absolute Gasteiger partial charge is 0.479 e. The van der Waals surface area contributed by atoms with Crippen molar-refractivity contribution in [2.75, 3.05) is 6.54 Å². The minimum absolute atomic E-state index is 0.0639. The fraction of sp³-hybridized carbons (Fsp3) is 0.467. The van der Waals surface area contributed by atoms with Crippen LogP contribution in [0.1, 0.15) is 43.0 Å². The van der Waals surface area contributed by atoms with Crippen LogP contribution >= 0.6 is 11.6 Å². The Hall–Kier alpha value is -1.62. The number of carbonyl (C=O) groups is 2. The lowest BCUT2D eigenvalue weighted by molar-refractivity contribution is -0.148. The van der Waals surface area contributed by atoms with Gasteiger partial charge in [-0.15, -0.1) is 0 Å². The molecule has 1 unspecified atom stereocenters. The summed E-state index contributed by atoms with van der Waals surface area (Å²) in [5.41, 5.74) is -1.05. The molecule has 0 bridgehead atoms. The molecule has 0 spiro atoms. The van der Waals surface area contributed by atoms with Crippen molar-refractivity contribution in [3.05, 3.63) is 34.6 Å². The van der Waals surface area contributed by atoms with E-state index in [0.717, 1.165) is 6.07 Å². The normalized spacial score (nSPS) is 21.6. The third kappa shape index (κ3) is 2.75. The highest BCUT2D eigenvalue weighted by Crippen LogP contribution is 2.35. The Labute approximate surface area is 127 Å². The summed E-state index contributed by atoms with van der Waals surface area (Å²) in [6.07, 6.45) is 2.11. The van der Waals surface area contributed by atoms with Crippen LogP contribution in [0.2, 0.25) is 5.02 Å². The molecule has 1 amide bonds. The molecule has 1 saturated heterocycles. The summed E-state index contributed by atoms with van der Waals surface area (Å²) in [5, 5.41) is 9.51. The molecule has 0 aromatic heterocycles. The van der Waals surface area contributed by atoms with Gasteiger partial charge in [0.25, 0.3) is 5.91 Å². The maximum Gasteiger partial charge on any atom is 0.329 e. The van der Waals surface area contributed by atoms with Gasteiger partial charge in [-0.25, -0.2) is 9.18 Å². The number of likely N-dealkylation sites (tertiary alicyclic amines) is 1. The number of hydrogen-bond acceptors (Lipinski definition) is 2. The third-order valence-corrected chi connectivity index (χ3v) is 4.27. The van der Waals surface area contributed by atoms with Crippen molar-refractivity contribution in [3.8, 4) is 0 Å². The van der Waals surface area contributed by atoms with Crippen molar-refractivity contribution in [2.24, 2.45) is 0 Å². The lowest BCUT2D eigenvalue weighted by Gasteiger charge is -2.34. The highest BCUT2D eigenvalue weighted by atomic mass is 35.5. The second-order valence-corrected chi connectivity index (χ2v) is 5.68. The van der Waals surface area contributed by atoms with Crippen molar-refractivity contribution in [3.63, 3.8) is 0 Å². The van der Waals surface area contributed by atoms with Gasteiger partial charge in [0.1, 0.15) is 11.4 Å². The van der Waals surface area contributed by atoms with E-state index >= 15 is 0 Å². The molecule has 1 aliphatic rings. The molecule has 1 aromatic carbocycles. The van der Waals surface area contributed by atoms with E-state index in [4.69, 9.17) is 11.6 Å². The van der Waals surface area contributed by atoms with Crippen molar-refractivity contribution in [1.82, 2.24) is 4.90 Å². The summed E-state index contributed by atoms with van der Waals surface area (Å²) in [5.74, 6) is -2.14. The average Bonchev–Trinajstić information content (AvgIpc) is 2.86. The number of benzene rings is 1. The zero-order chi connectivity index (χ0) is 15.6. The summed E-state index contributed by atoms with van der Waals surface area (Å²) in [4.78, 5) is 25.6. The van der Waals surface area contributed by atoms with Gasteiger partial charge in [0.2, 0.25) is 0 Å². The number of nitrogens with zero attached hydrogens (tertiary/aromatic N) is 1. The number of halogens is 2. The van der Waals surface area contributed by atoms with Gasteiger partial charge < -0.3 is 10.0 Å². The van der Waals surface area contributed by atoms with Gasteiger partial charge in [-0.3, -0.25) is 4.79 Å². The molecule has 1 heterocycles. The molecule has 21 heavy (non-hydrogen) atoms. The number of carboxylic acid groups (broad SMARTS) is 1. The van der Waals surface area contributed by atoms with Gasteiger partial charge in [0, 0.05) is 12.1 Å². The minimum Gasteiger partial charge on any atom is -0.479 e. The van der Waals surface area contributed by atoms with Crippen LogP contribution in [0.4, 0.5) is 4.39 Å². The van der Waals surface area contributed by atoms with Crippen LogP contribution in [-0.2, 0) is 4.79 Å². The van der Waals surface area contributed by atoms with Crippen molar-refractivity contribution >= 4 is 23.5 Å². The van der Waals surface area contributed by atoms with Crippen LogP contribution in [-0.4, -0.2) is 34.0 Å². The maximum absolute atomic E-state index is 13.5. The van der Waals surface area contributed by atoms with Gasteiger partial charge in [0.05, 0.1) is 5.02 Å². The molecule has 0 radical (unpaired) electrons. The Morgan fingerprint density at radius 2 is 2.19 bits per heavy atom. The molecule has 0 saturated carbocycles. The molecular weight excluding hydrogens is 297 g/mol. The molecule has 1 N–H and O–H groups in total. The van der Waals surface area contributed by atoms with Crippen LogP contribution in [0, 0.1) is 5.82 Å². The predicted molar refractivity (Wildman–Crippen MR) is 77.0 cm³/mol. The van der Waals surface area contributed by atoms with Crippen LogP contribution < -0.4 is 0 Å². The number of rotatable bonds is 4. The molecular formula is C15H17ClFNO3. The fourth-order valence-electron chi connectivity index (χ4n) is 2.96. The highest BCUT2D eigenvalue weighted by Gasteiger charge is 2.49.